The van der Waals surface area contributed by atoms with Crippen LogP contribution >= 0.6 is 0 Å². The van der Waals surface area contributed by atoms with Crippen molar-refractivity contribution in [1.29, 1.82) is 0 Å². The number of hydrogen-bond acceptors (Lipinski definition) is 4. The second-order valence-electron chi connectivity index (χ2n) is 7.23. The Morgan fingerprint density at radius 1 is 1.17 bits per heavy atom. The number of ether oxygens (including phenoxy) is 1. The summed E-state index contributed by atoms with van der Waals surface area (Å²) in [6.07, 6.45) is 3.21. The van der Waals surface area contributed by atoms with Crippen LogP contribution in [-0.2, 0) is 27.7 Å². The largest absolute Gasteiger partial charge is 0.497 e. The van der Waals surface area contributed by atoms with Crippen molar-refractivity contribution in [3.05, 3.63) is 53.6 Å². The number of rotatable bonds is 8. The van der Waals surface area contributed by atoms with Gasteiger partial charge >= 0.3 is 0 Å². The van der Waals surface area contributed by atoms with Crippen LogP contribution < -0.4 is 14.4 Å². The van der Waals surface area contributed by atoms with Gasteiger partial charge in [0.1, 0.15) is 5.75 Å². The van der Waals surface area contributed by atoms with Crippen LogP contribution in [0.15, 0.2) is 42.5 Å². The number of nitrogens with one attached hydrogen (secondary N) is 1. The monoisotopic (exact) mass is 416 g/mol. The number of carbonyl (C=O) groups excluding carboxylic acids is 1. The lowest BCUT2D eigenvalue weighted by atomic mass is 10.0. The molecule has 0 saturated heterocycles. The quantitative estimate of drug-likeness (QED) is 0.711. The van der Waals surface area contributed by atoms with Crippen molar-refractivity contribution in [1.82, 2.24) is 0 Å². The molecule has 0 saturated carbocycles. The number of sulfonamides is 1. The highest BCUT2D eigenvalue weighted by Crippen LogP contribution is 2.32. The Hall–Kier alpha value is -2.54. The average Bonchev–Trinajstić information content (AvgIpc) is 2.72. The van der Waals surface area contributed by atoms with Crippen molar-refractivity contribution < 1.29 is 17.9 Å². The lowest BCUT2D eigenvalue weighted by Crippen LogP contribution is -2.37. The summed E-state index contributed by atoms with van der Waals surface area (Å²) in [6, 6.07) is 13.2. The van der Waals surface area contributed by atoms with Crippen molar-refractivity contribution in [2.24, 2.45) is 0 Å². The van der Waals surface area contributed by atoms with E-state index in [1.807, 2.05) is 43.3 Å². The summed E-state index contributed by atoms with van der Waals surface area (Å²) in [5, 5.41) is 2.90. The van der Waals surface area contributed by atoms with Gasteiger partial charge in [-0.25, -0.2) is 8.42 Å². The Bertz CT molecular complexity index is 955. The van der Waals surface area contributed by atoms with Crippen molar-refractivity contribution >= 4 is 27.3 Å². The molecule has 0 radical (unpaired) electrons. The van der Waals surface area contributed by atoms with Gasteiger partial charge in [-0.3, -0.25) is 9.10 Å². The van der Waals surface area contributed by atoms with Gasteiger partial charge in [0.25, 0.3) is 0 Å². The first-order chi connectivity index (χ1) is 13.9. The molecule has 2 aromatic carbocycles. The van der Waals surface area contributed by atoms with Crippen LogP contribution in [0.5, 0.6) is 5.75 Å². The van der Waals surface area contributed by atoms with Gasteiger partial charge in [-0.15, -0.1) is 0 Å². The summed E-state index contributed by atoms with van der Waals surface area (Å²) in [5.74, 6) is 0.819. The lowest BCUT2D eigenvalue weighted by Gasteiger charge is -2.31. The van der Waals surface area contributed by atoms with Gasteiger partial charge in [-0.05, 0) is 61.1 Å². The van der Waals surface area contributed by atoms with E-state index in [1.54, 1.807) is 13.2 Å². The third-order valence-electron chi connectivity index (χ3n) is 5.04. The molecule has 0 aromatic heterocycles. The number of benzene rings is 2. The third-order valence-corrected chi connectivity index (χ3v) is 7.02. The number of fused-ring (bicyclic) bond motifs is 1. The molecule has 1 amide bonds. The molecule has 0 unspecified atom stereocenters. The van der Waals surface area contributed by atoms with Crippen LogP contribution in [0.3, 0.4) is 0 Å². The van der Waals surface area contributed by atoms with Gasteiger partial charge in [0, 0.05) is 18.7 Å². The second-order valence-corrected chi connectivity index (χ2v) is 9.24. The maximum Gasteiger partial charge on any atom is 0.235 e. The molecule has 29 heavy (non-hydrogen) atoms. The van der Waals surface area contributed by atoms with Gasteiger partial charge < -0.3 is 10.1 Å². The molecule has 7 heteroatoms. The Morgan fingerprint density at radius 2 is 1.93 bits per heavy atom. The molecule has 1 aliphatic heterocycles. The van der Waals surface area contributed by atoms with Gasteiger partial charge in [-0.2, -0.15) is 0 Å². The fourth-order valence-corrected chi connectivity index (χ4v) is 5.16. The van der Waals surface area contributed by atoms with Crippen molar-refractivity contribution in [3.8, 4) is 5.75 Å². The van der Waals surface area contributed by atoms with Crippen molar-refractivity contribution in [2.75, 3.05) is 29.0 Å². The highest BCUT2D eigenvalue weighted by atomic mass is 32.2. The van der Waals surface area contributed by atoms with Gasteiger partial charge in [-0.1, -0.05) is 25.1 Å². The predicted octanol–water partition coefficient (Wildman–Crippen LogP) is 3.76. The first kappa shape index (κ1) is 21.2. The van der Waals surface area contributed by atoms with E-state index in [2.05, 4.69) is 5.32 Å². The zero-order valence-electron chi connectivity index (χ0n) is 17.0. The molecule has 0 aliphatic carbocycles. The number of methoxy groups -OCH3 is 1. The smallest absolute Gasteiger partial charge is 0.235 e. The molecule has 1 aliphatic rings. The van der Waals surface area contributed by atoms with Gasteiger partial charge in [0.05, 0.1) is 18.6 Å². The summed E-state index contributed by atoms with van der Waals surface area (Å²) in [4.78, 5) is 12.4. The number of nitrogens with zero attached hydrogens (tertiary/aromatic N) is 1. The molecule has 1 N–H and O–H groups in total. The summed E-state index contributed by atoms with van der Waals surface area (Å²) in [6.45, 7) is 2.35. The lowest BCUT2D eigenvalue weighted by molar-refractivity contribution is -0.116. The molecular formula is C22H28N2O4S. The Kier molecular flexibility index (Phi) is 6.79. The minimum atomic E-state index is -3.33. The maximum atomic E-state index is 12.6. The Balaban J connectivity index is 1.67. The maximum absolute atomic E-state index is 12.6. The summed E-state index contributed by atoms with van der Waals surface area (Å²) >= 11 is 0. The molecule has 0 spiro atoms. The molecule has 1 heterocycles. The Morgan fingerprint density at radius 3 is 2.62 bits per heavy atom. The minimum absolute atomic E-state index is 0.0976. The van der Waals surface area contributed by atoms with Crippen LogP contribution in [-0.4, -0.2) is 33.7 Å². The predicted molar refractivity (Wildman–Crippen MR) is 116 cm³/mol. The molecule has 156 valence electrons. The van der Waals surface area contributed by atoms with Crippen LogP contribution in [0.2, 0.25) is 0 Å². The van der Waals surface area contributed by atoms with Crippen LogP contribution in [0, 0.1) is 0 Å². The fourth-order valence-electron chi connectivity index (χ4n) is 3.55. The molecule has 6 nitrogen and oxygen atoms in total. The fraction of sp³-hybridized carbons (Fsp3) is 0.409. The molecule has 3 rings (SSSR count). The summed E-state index contributed by atoms with van der Waals surface area (Å²) < 4.78 is 31.9. The number of anilines is 2. The van der Waals surface area contributed by atoms with E-state index < -0.39 is 10.0 Å². The van der Waals surface area contributed by atoms with E-state index in [1.165, 1.54) is 4.31 Å². The van der Waals surface area contributed by atoms with E-state index in [9.17, 15) is 13.2 Å². The van der Waals surface area contributed by atoms with E-state index in [0.29, 0.717) is 37.2 Å². The summed E-state index contributed by atoms with van der Waals surface area (Å²) in [7, 11) is -1.71. The SMILES string of the molecule is CCCS(=O)(=O)N1CCCc2ccc(NC(=O)CCc3ccc(OC)cc3)cc21. The molecule has 0 atom stereocenters. The number of amides is 1. The zero-order valence-corrected chi connectivity index (χ0v) is 17.8. The standard InChI is InChI=1S/C22H28N2O4S/c1-3-15-29(26,27)24-14-4-5-18-9-10-19(16-21(18)24)23-22(25)13-8-17-6-11-20(28-2)12-7-17/h6-7,9-12,16H,3-5,8,13-15H2,1-2H3,(H,23,25). The normalized spacial score (nSPS) is 13.7. The van der Waals surface area contributed by atoms with E-state index in [-0.39, 0.29) is 11.7 Å². The highest BCUT2D eigenvalue weighted by molar-refractivity contribution is 7.92. The minimum Gasteiger partial charge on any atom is -0.497 e. The topological polar surface area (TPSA) is 75.7 Å². The van der Waals surface area contributed by atoms with Crippen molar-refractivity contribution in [3.63, 3.8) is 0 Å². The number of carbonyl (C=O) groups is 1. The van der Waals surface area contributed by atoms with Crippen LogP contribution in [0.25, 0.3) is 0 Å². The van der Waals surface area contributed by atoms with E-state index in [0.717, 1.165) is 29.7 Å². The average molecular weight is 417 g/mol. The van der Waals surface area contributed by atoms with E-state index >= 15 is 0 Å². The molecular weight excluding hydrogens is 388 g/mol. The van der Waals surface area contributed by atoms with Gasteiger partial charge in [0.2, 0.25) is 15.9 Å². The van der Waals surface area contributed by atoms with E-state index in [4.69, 9.17) is 4.74 Å². The number of hydrogen-bond donors (Lipinski definition) is 1. The second kappa shape index (κ2) is 9.31. The van der Waals surface area contributed by atoms with Crippen LogP contribution in [0.4, 0.5) is 11.4 Å². The first-order valence-corrected chi connectivity index (χ1v) is 11.6. The summed E-state index contributed by atoms with van der Waals surface area (Å²) in [5.41, 5.74) is 3.38. The molecule has 2 aromatic rings. The molecule has 0 fully saturated rings. The Labute approximate surface area is 172 Å². The van der Waals surface area contributed by atoms with Gasteiger partial charge in [0.15, 0.2) is 0 Å². The zero-order chi connectivity index (χ0) is 20.9. The number of aryl methyl sites for hydroxylation is 2. The highest BCUT2D eigenvalue weighted by Gasteiger charge is 2.27. The third kappa shape index (κ3) is 5.29. The molecule has 0 bridgehead atoms. The van der Waals surface area contributed by atoms with Crippen molar-refractivity contribution in [2.45, 2.75) is 39.0 Å². The first-order valence-electron chi connectivity index (χ1n) is 9.99. The van der Waals surface area contributed by atoms with Crippen LogP contribution in [0.1, 0.15) is 37.3 Å².